The molecule has 0 saturated heterocycles. The number of aliphatic hydroxyl groups excluding tert-OH is 1. The summed E-state index contributed by atoms with van der Waals surface area (Å²) in [4.78, 5) is 22.9. The normalized spacial score (nSPS) is 29.1. The largest absolute Gasteiger partial charge is 0.481 e. The Morgan fingerprint density at radius 2 is 1.79 bits per heavy atom. The molecule has 0 unspecified atom stereocenters. The van der Waals surface area contributed by atoms with Crippen molar-refractivity contribution in [1.82, 2.24) is 10.6 Å². The van der Waals surface area contributed by atoms with Crippen molar-refractivity contribution in [3.63, 3.8) is 0 Å². The number of nitrogens with one attached hydrogen (secondary N) is 2. The molecule has 0 aromatic carbocycles. The molecule has 0 atom stereocenters. The lowest BCUT2D eigenvalue weighted by molar-refractivity contribution is -0.153. The number of amides is 2. The minimum atomic E-state index is -0.820. The Hall–Kier alpha value is -1.30. The number of hydrogen-bond acceptors (Lipinski definition) is 3. The molecule has 0 heterocycles. The minimum absolute atomic E-state index is 0.0885. The SMILES string of the molecule is O=C(NCC1(C(=O)O)CCC1)NC1CCC(O)CC1. The molecule has 2 fully saturated rings. The highest BCUT2D eigenvalue weighted by molar-refractivity contribution is 5.79. The zero-order valence-corrected chi connectivity index (χ0v) is 11.0. The molecule has 108 valence electrons. The number of hydrogen-bond donors (Lipinski definition) is 4. The van der Waals surface area contributed by atoms with E-state index in [1.165, 1.54) is 0 Å². The highest BCUT2D eigenvalue weighted by atomic mass is 16.4. The number of carbonyl (C=O) groups is 2. The van der Waals surface area contributed by atoms with Crippen molar-refractivity contribution in [1.29, 1.82) is 0 Å². The van der Waals surface area contributed by atoms with Crippen LogP contribution in [0.1, 0.15) is 44.9 Å². The quantitative estimate of drug-likeness (QED) is 0.608. The van der Waals surface area contributed by atoms with E-state index in [1.807, 2.05) is 0 Å². The number of carboxylic acid groups (broad SMARTS) is 1. The van der Waals surface area contributed by atoms with E-state index < -0.39 is 11.4 Å². The smallest absolute Gasteiger partial charge is 0.315 e. The van der Waals surface area contributed by atoms with Crippen LogP contribution in [0.3, 0.4) is 0 Å². The Morgan fingerprint density at radius 1 is 1.16 bits per heavy atom. The fraction of sp³-hybridized carbons (Fsp3) is 0.846. The molecule has 2 aliphatic rings. The average Bonchev–Trinajstić information content (AvgIpc) is 2.30. The maximum atomic E-state index is 11.7. The third-order valence-corrected chi connectivity index (χ3v) is 4.38. The van der Waals surface area contributed by atoms with Crippen LogP contribution in [0.15, 0.2) is 0 Å². The number of carboxylic acids is 1. The molecule has 0 radical (unpaired) electrons. The molecule has 2 rings (SSSR count). The molecule has 0 aromatic rings. The van der Waals surface area contributed by atoms with Gasteiger partial charge in [0.05, 0.1) is 11.5 Å². The van der Waals surface area contributed by atoms with Gasteiger partial charge in [-0.05, 0) is 38.5 Å². The zero-order valence-electron chi connectivity index (χ0n) is 11.0. The second-order valence-corrected chi connectivity index (χ2v) is 5.77. The van der Waals surface area contributed by atoms with Gasteiger partial charge >= 0.3 is 12.0 Å². The summed E-state index contributed by atoms with van der Waals surface area (Å²) in [5.74, 6) is -0.820. The van der Waals surface area contributed by atoms with Crippen LogP contribution in [0.5, 0.6) is 0 Å². The number of aliphatic carboxylic acids is 1. The molecule has 4 N–H and O–H groups in total. The topological polar surface area (TPSA) is 98.7 Å². The first-order chi connectivity index (χ1) is 9.02. The Labute approximate surface area is 112 Å². The van der Waals surface area contributed by atoms with Gasteiger partial charge in [-0.15, -0.1) is 0 Å². The summed E-state index contributed by atoms with van der Waals surface area (Å²) in [5.41, 5.74) is -0.750. The third kappa shape index (κ3) is 3.37. The molecular weight excluding hydrogens is 248 g/mol. The van der Waals surface area contributed by atoms with E-state index in [9.17, 15) is 14.7 Å². The maximum Gasteiger partial charge on any atom is 0.315 e. The van der Waals surface area contributed by atoms with Crippen LogP contribution in [0.25, 0.3) is 0 Å². The molecule has 2 saturated carbocycles. The van der Waals surface area contributed by atoms with Crippen LogP contribution in [-0.2, 0) is 4.79 Å². The maximum absolute atomic E-state index is 11.7. The first-order valence-electron chi connectivity index (χ1n) is 6.98. The first kappa shape index (κ1) is 14.1. The van der Waals surface area contributed by atoms with Gasteiger partial charge in [0.15, 0.2) is 0 Å². The van der Waals surface area contributed by atoms with Crippen molar-refractivity contribution in [3.8, 4) is 0 Å². The number of rotatable bonds is 4. The second kappa shape index (κ2) is 5.77. The molecule has 6 nitrogen and oxygen atoms in total. The molecule has 2 aliphatic carbocycles. The van der Waals surface area contributed by atoms with Crippen LogP contribution >= 0.6 is 0 Å². The van der Waals surface area contributed by atoms with E-state index >= 15 is 0 Å². The zero-order chi connectivity index (χ0) is 13.9. The number of urea groups is 1. The van der Waals surface area contributed by atoms with E-state index in [0.717, 1.165) is 19.3 Å². The van der Waals surface area contributed by atoms with Gasteiger partial charge in [-0.2, -0.15) is 0 Å². The van der Waals surface area contributed by atoms with Crippen molar-refractivity contribution in [2.24, 2.45) is 5.41 Å². The summed E-state index contributed by atoms with van der Waals surface area (Å²) >= 11 is 0. The lowest BCUT2D eigenvalue weighted by atomic mass is 9.69. The molecule has 6 heteroatoms. The Bertz CT molecular complexity index is 347. The predicted octanol–water partition coefficient (Wildman–Crippen LogP) is 0.844. The van der Waals surface area contributed by atoms with Gasteiger partial charge in [-0.3, -0.25) is 4.79 Å². The van der Waals surface area contributed by atoms with Crippen molar-refractivity contribution < 1.29 is 19.8 Å². The van der Waals surface area contributed by atoms with E-state index in [-0.39, 0.29) is 24.7 Å². The molecule has 19 heavy (non-hydrogen) atoms. The van der Waals surface area contributed by atoms with E-state index in [4.69, 9.17) is 5.11 Å². The summed E-state index contributed by atoms with van der Waals surface area (Å²) in [6, 6.07) is -0.209. The van der Waals surface area contributed by atoms with Gasteiger partial charge in [0.25, 0.3) is 0 Å². The van der Waals surface area contributed by atoms with Gasteiger partial charge in [0.1, 0.15) is 0 Å². The number of aliphatic hydroxyl groups is 1. The lowest BCUT2D eigenvalue weighted by Crippen LogP contribution is -2.51. The third-order valence-electron chi connectivity index (χ3n) is 4.38. The van der Waals surface area contributed by atoms with Crippen molar-refractivity contribution >= 4 is 12.0 Å². The molecule has 2 amide bonds. The molecule has 0 aromatic heterocycles. The van der Waals surface area contributed by atoms with Gasteiger partial charge in [-0.25, -0.2) is 4.79 Å². The monoisotopic (exact) mass is 270 g/mol. The Balaban J connectivity index is 1.71. The van der Waals surface area contributed by atoms with E-state index in [1.54, 1.807) is 0 Å². The summed E-state index contributed by atoms with van der Waals surface area (Å²) < 4.78 is 0. The Kier molecular flexibility index (Phi) is 4.29. The molecule has 0 spiro atoms. The predicted molar refractivity (Wildman–Crippen MR) is 68.7 cm³/mol. The van der Waals surface area contributed by atoms with Gasteiger partial charge in [0.2, 0.25) is 0 Å². The summed E-state index contributed by atoms with van der Waals surface area (Å²) in [6.07, 6.45) is 4.92. The lowest BCUT2D eigenvalue weighted by Gasteiger charge is -2.37. The van der Waals surface area contributed by atoms with E-state index in [0.29, 0.717) is 25.7 Å². The first-order valence-corrected chi connectivity index (χ1v) is 6.98. The van der Waals surface area contributed by atoms with Crippen LogP contribution in [0.2, 0.25) is 0 Å². The second-order valence-electron chi connectivity index (χ2n) is 5.77. The highest BCUT2D eigenvalue weighted by Gasteiger charge is 2.44. The van der Waals surface area contributed by atoms with Crippen molar-refractivity contribution in [2.75, 3.05) is 6.54 Å². The van der Waals surface area contributed by atoms with Crippen LogP contribution in [-0.4, -0.2) is 40.9 Å². The average molecular weight is 270 g/mol. The molecular formula is C13H22N2O4. The Morgan fingerprint density at radius 3 is 2.26 bits per heavy atom. The van der Waals surface area contributed by atoms with Crippen LogP contribution < -0.4 is 10.6 Å². The van der Waals surface area contributed by atoms with Crippen molar-refractivity contribution in [3.05, 3.63) is 0 Å². The highest BCUT2D eigenvalue weighted by Crippen LogP contribution is 2.40. The van der Waals surface area contributed by atoms with E-state index in [2.05, 4.69) is 10.6 Å². The van der Waals surface area contributed by atoms with Crippen molar-refractivity contribution in [2.45, 2.75) is 57.1 Å². The van der Waals surface area contributed by atoms with Gasteiger partial charge in [-0.1, -0.05) is 6.42 Å². The van der Waals surface area contributed by atoms with Crippen LogP contribution in [0, 0.1) is 5.41 Å². The van der Waals surface area contributed by atoms with Gasteiger partial charge < -0.3 is 20.8 Å². The standard InChI is InChI=1S/C13H22N2O4/c16-10-4-2-9(3-5-10)15-12(19)14-8-13(11(17)18)6-1-7-13/h9-10,16H,1-8H2,(H,17,18)(H2,14,15,19). The summed E-state index contributed by atoms with van der Waals surface area (Å²) in [6.45, 7) is 0.198. The number of carbonyl (C=O) groups excluding carboxylic acids is 1. The fourth-order valence-electron chi connectivity index (χ4n) is 2.78. The molecule has 0 bridgehead atoms. The van der Waals surface area contributed by atoms with Gasteiger partial charge in [0, 0.05) is 12.6 Å². The summed E-state index contributed by atoms with van der Waals surface area (Å²) in [7, 11) is 0. The van der Waals surface area contributed by atoms with Crippen LogP contribution in [0.4, 0.5) is 4.79 Å². The fourth-order valence-corrected chi connectivity index (χ4v) is 2.78. The molecule has 0 aliphatic heterocycles. The summed E-state index contributed by atoms with van der Waals surface area (Å²) in [5, 5.41) is 24.0. The minimum Gasteiger partial charge on any atom is -0.481 e.